The SMILES string of the molecule is c1ccc(COCCOc2ccc(-c3cncc(-c4ccc(OCCOCc5ccccc5)cc4)c3)cc2)cc1. The van der Waals surface area contributed by atoms with E-state index in [9.17, 15) is 0 Å². The number of rotatable bonds is 14. The van der Waals surface area contributed by atoms with Crippen LogP contribution >= 0.6 is 0 Å². The lowest BCUT2D eigenvalue weighted by Crippen LogP contribution is -2.06. The molecule has 1 heterocycles. The average molecular weight is 532 g/mol. The molecule has 0 atom stereocenters. The first-order valence-electron chi connectivity index (χ1n) is 13.5. The van der Waals surface area contributed by atoms with E-state index in [1.165, 1.54) is 0 Å². The van der Waals surface area contributed by atoms with Gasteiger partial charge in [-0.2, -0.15) is 0 Å². The Morgan fingerprint density at radius 2 is 0.850 bits per heavy atom. The van der Waals surface area contributed by atoms with Crippen molar-refractivity contribution in [2.24, 2.45) is 0 Å². The lowest BCUT2D eigenvalue weighted by Gasteiger charge is -2.10. The van der Waals surface area contributed by atoms with Crippen LogP contribution in [0.15, 0.2) is 128 Å². The summed E-state index contributed by atoms with van der Waals surface area (Å²) in [6.45, 7) is 3.26. The summed E-state index contributed by atoms with van der Waals surface area (Å²) in [5.74, 6) is 1.63. The first kappa shape index (κ1) is 27.1. The molecule has 5 rings (SSSR count). The summed E-state index contributed by atoms with van der Waals surface area (Å²) < 4.78 is 23.1. The van der Waals surface area contributed by atoms with Gasteiger partial charge in [-0.15, -0.1) is 0 Å². The number of benzene rings is 4. The van der Waals surface area contributed by atoms with Gasteiger partial charge in [-0.1, -0.05) is 84.9 Å². The van der Waals surface area contributed by atoms with Gasteiger partial charge >= 0.3 is 0 Å². The fourth-order valence-electron chi connectivity index (χ4n) is 4.21. The monoisotopic (exact) mass is 531 g/mol. The highest BCUT2D eigenvalue weighted by molar-refractivity contribution is 5.72. The molecule has 5 heteroatoms. The van der Waals surface area contributed by atoms with Crippen molar-refractivity contribution in [2.45, 2.75) is 13.2 Å². The van der Waals surface area contributed by atoms with Gasteiger partial charge in [0.1, 0.15) is 24.7 Å². The molecule has 0 spiro atoms. The number of pyridine rings is 1. The van der Waals surface area contributed by atoms with Crippen molar-refractivity contribution < 1.29 is 18.9 Å². The van der Waals surface area contributed by atoms with Crippen molar-refractivity contribution >= 4 is 0 Å². The van der Waals surface area contributed by atoms with Gasteiger partial charge in [0.2, 0.25) is 0 Å². The molecule has 0 aliphatic rings. The van der Waals surface area contributed by atoms with E-state index in [4.69, 9.17) is 18.9 Å². The van der Waals surface area contributed by atoms with Gasteiger partial charge in [-0.25, -0.2) is 0 Å². The van der Waals surface area contributed by atoms with Crippen molar-refractivity contribution in [3.8, 4) is 33.8 Å². The van der Waals surface area contributed by atoms with Gasteiger partial charge in [0.25, 0.3) is 0 Å². The smallest absolute Gasteiger partial charge is 0.119 e. The van der Waals surface area contributed by atoms with Crippen LogP contribution in [0.25, 0.3) is 22.3 Å². The summed E-state index contributed by atoms with van der Waals surface area (Å²) in [7, 11) is 0. The summed E-state index contributed by atoms with van der Waals surface area (Å²) in [6, 6.07) is 38.6. The molecule has 202 valence electrons. The predicted molar refractivity (Wildman–Crippen MR) is 158 cm³/mol. The van der Waals surface area contributed by atoms with E-state index in [1.54, 1.807) is 0 Å². The number of hydrogen-bond donors (Lipinski definition) is 0. The van der Waals surface area contributed by atoms with E-state index in [0.717, 1.165) is 44.9 Å². The summed E-state index contributed by atoms with van der Waals surface area (Å²) in [6.07, 6.45) is 3.76. The van der Waals surface area contributed by atoms with Crippen LogP contribution in [-0.4, -0.2) is 31.4 Å². The zero-order chi connectivity index (χ0) is 27.2. The first-order chi connectivity index (χ1) is 19.8. The second-order valence-electron chi connectivity index (χ2n) is 9.28. The second kappa shape index (κ2) is 14.6. The van der Waals surface area contributed by atoms with E-state index < -0.39 is 0 Å². The molecule has 0 aliphatic heterocycles. The quantitative estimate of drug-likeness (QED) is 0.138. The molecule has 0 amide bonds. The van der Waals surface area contributed by atoms with Crippen LogP contribution in [-0.2, 0) is 22.7 Å². The van der Waals surface area contributed by atoms with Crippen LogP contribution < -0.4 is 9.47 Å². The second-order valence-corrected chi connectivity index (χ2v) is 9.28. The zero-order valence-corrected chi connectivity index (χ0v) is 22.4. The largest absolute Gasteiger partial charge is 0.491 e. The molecule has 0 bridgehead atoms. The summed E-state index contributed by atoms with van der Waals surface area (Å²) in [5.41, 5.74) is 6.58. The Morgan fingerprint density at radius 3 is 1.27 bits per heavy atom. The van der Waals surface area contributed by atoms with Crippen molar-refractivity contribution in [1.29, 1.82) is 0 Å². The van der Waals surface area contributed by atoms with E-state index in [0.29, 0.717) is 39.6 Å². The first-order valence-corrected chi connectivity index (χ1v) is 13.5. The van der Waals surface area contributed by atoms with Crippen molar-refractivity contribution in [3.05, 3.63) is 139 Å². The van der Waals surface area contributed by atoms with Crippen molar-refractivity contribution in [3.63, 3.8) is 0 Å². The predicted octanol–water partition coefficient (Wildman–Crippen LogP) is 7.61. The van der Waals surface area contributed by atoms with Crippen LogP contribution in [0.5, 0.6) is 11.5 Å². The molecular weight excluding hydrogens is 498 g/mol. The van der Waals surface area contributed by atoms with E-state index in [1.807, 2.05) is 73.1 Å². The maximum Gasteiger partial charge on any atom is 0.119 e. The Bertz CT molecular complexity index is 1310. The van der Waals surface area contributed by atoms with Crippen LogP contribution in [0.3, 0.4) is 0 Å². The Labute approximate surface area is 236 Å². The Balaban J connectivity index is 1.07. The fourth-order valence-corrected chi connectivity index (χ4v) is 4.21. The minimum absolute atomic E-state index is 0.504. The van der Waals surface area contributed by atoms with Crippen molar-refractivity contribution in [1.82, 2.24) is 4.98 Å². The molecule has 0 radical (unpaired) electrons. The zero-order valence-electron chi connectivity index (χ0n) is 22.4. The topological polar surface area (TPSA) is 49.8 Å². The molecule has 5 nitrogen and oxygen atoms in total. The maximum atomic E-state index is 5.84. The molecule has 0 aliphatic carbocycles. The molecule has 0 unspecified atom stereocenters. The summed E-state index contributed by atoms with van der Waals surface area (Å²) in [4.78, 5) is 4.48. The summed E-state index contributed by atoms with van der Waals surface area (Å²) in [5, 5.41) is 0. The lowest BCUT2D eigenvalue weighted by molar-refractivity contribution is 0.0889. The van der Waals surface area contributed by atoms with Gasteiger partial charge in [0.05, 0.1) is 26.4 Å². The third-order valence-electron chi connectivity index (χ3n) is 6.33. The number of ether oxygens (including phenoxy) is 4. The molecule has 5 aromatic rings. The third-order valence-corrected chi connectivity index (χ3v) is 6.33. The van der Waals surface area contributed by atoms with E-state index in [-0.39, 0.29) is 0 Å². The minimum atomic E-state index is 0.504. The molecule has 0 fully saturated rings. The number of nitrogens with zero attached hydrogens (tertiary/aromatic N) is 1. The fraction of sp³-hybridized carbons (Fsp3) is 0.171. The van der Waals surface area contributed by atoms with E-state index >= 15 is 0 Å². The Kier molecular flexibility index (Phi) is 9.93. The molecule has 1 aromatic heterocycles. The number of hydrogen-bond acceptors (Lipinski definition) is 5. The van der Waals surface area contributed by atoms with Crippen LogP contribution in [0.4, 0.5) is 0 Å². The Hall–Kier alpha value is -4.45. The van der Waals surface area contributed by atoms with Gasteiger partial charge in [-0.05, 0) is 52.6 Å². The summed E-state index contributed by atoms with van der Waals surface area (Å²) >= 11 is 0. The minimum Gasteiger partial charge on any atom is -0.491 e. The van der Waals surface area contributed by atoms with Crippen LogP contribution in [0.1, 0.15) is 11.1 Å². The van der Waals surface area contributed by atoms with Crippen LogP contribution in [0, 0.1) is 0 Å². The highest BCUT2D eigenvalue weighted by atomic mass is 16.5. The highest BCUT2D eigenvalue weighted by Crippen LogP contribution is 2.28. The third kappa shape index (κ3) is 8.27. The molecule has 0 N–H and O–H groups in total. The molecular formula is C35H33NO4. The normalized spacial score (nSPS) is 10.8. The van der Waals surface area contributed by atoms with Gasteiger partial charge < -0.3 is 18.9 Å². The lowest BCUT2D eigenvalue weighted by atomic mass is 10.0. The van der Waals surface area contributed by atoms with E-state index in [2.05, 4.69) is 59.6 Å². The van der Waals surface area contributed by atoms with Gasteiger partial charge in [0, 0.05) is 23.5 Å². The number of aromatic nitrogens is 1. The van der Waals surface area contributed by atoms with Crippen LogP contribution in [0.2, 0.25) is 0 Å². The average Bonchev–Trinajstić information content (AvgIpc) is 3.02. The van der Waals surface area contributed by atoms with Crippen molar-refractivity contribution in [2.75, 3.05) is 26.4 Å². The van der Waals surface area contributed by atoms with Gasteiger partial charge in [-0.3, -0.25) is 4.98 Å². The molecule has 4 aromatic carbocycles. The highest BCUT2D eigenvalue weighted by Gasteiger charge is 2.05. The van der Waals surface area contributed by atoms with Gasteiger partial charge in [0.15, 0.2) is 0 Å². The standard InChI is InChI=1S/C35H33NO4/c1-3-7-28(8-4-1)26-37-19-21-39-34-15-11-30(12-16-34)32-23-33(25-36-24-32)31-13-17-35(18-14-31)40-22-20-38-27-29-9-5-2-6-10-29/h1-18,23-25H,19-22,26-27H2. The maximum absolute atomic E-state index is 5.84. The molecule has 0 saturated carbocycles. The molecule has 40 heavy (non-hydrogen) atoms. The molecule has 0 saturated heterocycles. The Morgan fingerprint density at radius 1 is 0.425 bits per heavy atom.